The van der Waals surface area contributed by atoms with Gasteiger partial charge in [0.1, 0.15) is 17.7 Å². The summed E-state index contributed by atoms with van der Waals surface area (Å²) in [5.41, 5.74) is 13.1. The van der Waals surface area contributed by atoms with Crippen LogP contribution in [0.3, 0.4) is 0 Å². The Morgan fingerprint density at radius 1 is 1.00 bits per heavy atom. The summed E-state index contributed by atoms with van der Waals surface area (Å²) in [5, 5.41) is 7.87. The second-order valence-electron chi connectivity index (χ2n) is 11.2. The summed E-state index contributed by atoms with van der Waals surface area (Å²) in [6.45, 7) is 1.90. The van der Waals surface area contributed by atoms with Crippen LogP contribution in [0.15, 0.2) is 73.3 Å². The van der Waals surface area contributed by atoms with Crippen LogP contribution in [-0.4, -0.2) is 45.2 Å². The van der Waals surface area contributed by atoms with Crippen LogP contribution in [0.25, 0.3) is 34.1 Å². The second-order valence-corrected chi connectivity index (χ2v) is 11.2. The van der Waals surface area contributed by atoms with E-state index in [0.717, 1.165) is 59.5 Å². The molecule has 1 saturated carbocycles. The third-order valence-electron chi connectivity index (χ3n) is 8.20. The molecule has 2 aliphatic carbocycles. The number of nitrogens with two attached hydrogens (primary N) is 1. The molecule has 0 unspecified atom stereocenters. The molecule has 1 atom stereocenters. The number of rotatable bonds is 6. The number of fused-ring (bicyclic) bond motifs is 2. The fraction of sp³-hybridized carbons (Fsp3) is 0.219. The highest BCUT2D eigenvalue weighted by Crippen LogP contribution is 2.38. The number of pyridine rings is 3. The molecule has 0 spiro atoms. The van der Waals surface area contributed by atoms with Gasteiger partial charge in [0.2, 0.25) is 0 Å². The highest BCUT2D eigenvalue weighted by atomic mass is 16.1. The third-order valence-corrected chi connectivity index (χ3v) is 8.20. The van der Waals surface area contributed by atoms with Crippen molar-refractivity contribution in [2.24, 2.45) is 0 Å². The zero-order valence-electron chi connectivity index (χ0n) is 23.5. The van der Waals surface area contributed by atoms with Crippen LogP contribution in [0, 0.1) is 6.92 Å². The molecule has 0 bridgehead atoms. The van der Waals surface area contributed by atoms with E-state index < -0.39 is 0 Å². The third kappa shape index (κ3) is 4.49. The lowest BCUT2D eigenvalue weighted by molar-refractivity contribution is 0.0936. The van der Waals surface area contributed by atoms with Crippen molar-refractivity contribution in [3.05, 3.63) is 102 Å². The highest BCUT2D eigenvalue weighted by Gasteiger charge is 2.28. The van der Waals surface area contributed by atoms with Gasteiger partial charge in [0, 0.05) is 29.7 Å². The molecule has 0 aliphatic heterocycles. The molecule has 212 valence electrons. The first kappa shape index (κ1) is 25.3. The van der Waals surface area contributed by atoms with E-state index in [1.807, 2.05) is 47.9 Å². The lowest BCUT2D eigenvalue weighted by Crippen LogP contribution is -2.27. The van der Waals surface area contributed by atoms with Gasteiger partial charge in [-0.25, -0.2) is 24.6 Å². The van der Waals surface area contributed by atoms with Crippen molar-refractivity contribution in [3.63, 3.8) is 0 Å². The summed E-state index contributed by atoms with van der Waals surface area (Å²) < 4.78 is 3.75. The number of carbonyl (C=O) groups is 1. The number of nitrogens with one attached hydrogen (secondary N) is 1. The van der Waals surface area contributed by atoms with Crippen LogP contribution in [0.2, 0.25) is 0 Å². The summed E-state index contributed by atoms with van der Waals surface area (Å²) in [4.78, 5) is 36.0. The van der Waals surface area contributed by atoms with Gasteiger partial charge in [0.25, 0.3) is 5.91 Å². The van der Waals surface area contributed by atoms with E-state index in [2.05, 4.69) is 37.5 Å². The van der Waals surface area contributed by atoms with E-state index in [0.29, 0.717) is 34.6 Å². The Labute approximate surface area is 246 Å². The zero-order valence-corrected chi connectivity index (χ0v) is 23.5. The Balaban J connectivity index is 1.20. The quantitative estimate of drug-likeness (QED) is 0.296. The Kier molecular flexibility index (Phi) is 5.78. The van der Waals surface area contributed by atoms with Crippen molar-refractivity contribution in [3.8, 4) is 22.9 Å². The number of nitrogen functional groups attached to an aromatic ring is 1. The van der Waals surface area contributed by atoms with Crippen LogP contribution in [0.4, 0.5) is 5.82 Å². The number of hydrogen-bond acceptors (Lipinski definition) is 8. The van der Waals surface area contributed by atoms with Crippen LogP contribution >= 0.6 is 0 Å². The topological polar surface area (TPSA) is 142 Å². The Bertz CT molecular complexity index is 2020. The van der Waals surface area contributed by atoms with E-state index in [1.165, 1.54) is 5.56 Å². The van der Waals surface area contributed by atoms with Gasteiger partial charge in [-0.05, 0) is 92.3 Å². The molecular weight excluding hydrogens is 540 g/mol. The van der Waals surface area contributed by atoms with E-state index in [9.17, 15) is 4.79 Å². The fourth-order valence-electron chi connectivity index (χ4n) is 5.76. The first-order chi connectivity index (χ1) is 21.0. The summed E-state index contributed by atoms with van der Waals surface area (Å²) in [5.74, 6) is 2.88. The van der Waals surface area contributed by atoms with Crippen LogP contribution < -0.4 is 11.1 Å². The number of aryl methyl sites for hydroxylation is 2. The average molecular weight is 569 g/mol. The van der Waals surface area contributed by atoms with E-state index >= 15 is 0 Å². The second kappa shape index (κ2) is 9.83. The number of hydrogen-bond donors (Lipinski definition) is 2. The lowest BCUT2D eigenvalue weighted by Gasteiger charge is -2.16. The highest BCUT2D eigenvalue weighted by molar-refractivity contribution is 5.94. The van der Waals surface area contributed by atoms with Gasteiger partial charge >= 0.3 is 0 Å². The molecule has 0 saturated heterocycles. The van der Waals surface area contributed by atoms with Gasteiger partial charge < -0.3 is 11.1 Å². The Morgan fingerprint density at radius 3 is 2.72 bits per heavy atom. The molecule has 0 radical (unpaired) electrons. The standard InChI is InChI=1S/C32H28N10O/c1-18-4-5-21(16-35-18)32(43)38-25-11-8-20-15-22(9-10-23(20)25)42-30(24-3-2-14-34-28(24)33)37-26-12-13-27(39-31(26)42)41-17-36-29(40-41)19-6-7-19/h2-5,9-10,12-17,19,25H,6-8,11H2,1H3,(H2,33,34)(H,38,43)/t25-/m0/s1. The summed E-state index contributed by atoms with van der Waals surface area (Å²) >= 11 is 0. The van der Waals surface area contributed by atoms with Crippen LogP contribution in [0.1, 0.15) is 64.2 Å². The summed E-state index contributed by atoms with van der Waals surface area (Å²) in [6, 6.07) is 17.5. The minimum absolute atomic E-state index is 0.0801. The number of imidazole rings is 1. The van der Waals surface area contributed by atoms with E-state index in [-0.39, 0.29) is 11.9 Å². The maximum atomic E-state index is 12.9. The normalized spacial score (nSPS) is 16.0. The minimum atomic E-state index is -0.126. The van der Waals surface area contributed by atoms with Gasteiger partial charge in [0.05, 0.1) is 17.2 Å². The summed E-state index contributed by atoms with van der Waals surface area (Å²) in [7, 11) is 0. The number of aromatic nitrogens is 8. The predicted molar refractivity (Wildman–Crippen MR) is 161 cm³/mol. The molecule has 8 rings (SSSR count). The zero-order chi connectivity index (χ0) is 29.1. The van der Waals surface area contributed by atoms with Gasteiger partial charge in [0.15, 0.2) is 23.1 Å². The monoisotopic (exact) mass is 568 g/mol. The first-order valence-electron chi connectivity index (χ1n) is 14.4. The number of anilines is 1. The van der Waals surface area contributed by atoms with Crippen molar-refractivity contribution in [2.45, 2.75) is 44.6 Å². The Morgan fingerprint density at radius 2 is 1.91 bits per heavy atom. The number of amides is 1. The number of benzene rings is 1. The molecule has 1 fully saturated rings. The average Bonchev–Trinajstić information content (AvgIpc) is 3.44. The van der Waals surface area contributed by atoms with Gasteiger partial charge in [-0.1, -0.05) is 6.07 Å². The Hall–Kier alpha value is -5.45. The molecule has 5 aromatic heterocycles. The van der Waals surface area contributed by atoms with E-state index in [1.54, 1.807) is 29.5 Å². The SMILES string of the molecule is Cc1ccc(C(=O)N[C@H]2CCc3cc(-n4c(-c5cccnc5N)nc5ccc(-n6cnc(C7CC7)n6)nc54)ccc32)cn1. The van der Waals surface area contributed by atoms with Crippen molar-refractivity contribution in [1.29, 1.82) is 0 Å². The molecule has 3 N–H and O–H groups in total. The number of nitrogens with zero attached hydrogens (tertiary/aromatic N) is 8. The minimum Gasteiger partial charge on any atom is -0.383 e. The molecule has 6 aromatic rings. The van der Waals surface area contributed by atoms with Crippen molar-refractivity contribution in [2.75, 3.05) is 5.73 Å². The van der Waals surface area contributed by atoms with Gasteiger partial charge in [-0.15, -0.1) is 5.10 Å². The van der Waals surface area contributed by atoms with Crippen molar-refractivity contribution >= 4 is 22.9 Å². The van der Waals surface area contributed by atoms with Crippen molar-refractivity contribution < 1.29 is 4.79 Å². The van der Waals surface area contributed by atoms with Crippen molar-refractivity contribution in [1.82, 2.24) is 44.6 Å². The largest absolute Gasteiger partial charge is 0.383 e. The molecule has 1 aromatic carbocycles. The molecule has 5 heterocycles. The molecule has 1 amide bonds. The maximum absolute atomic E-state index is 12.9. The molecule has 2 aliphatic rings. The maximum Gasteiger partial charge on any atom is 0.253 e. The molecule has 11 nitrogen and oxygen atoms in total. The smallest absolute Gasteiger partial charge is 0.253 e. The lowest BCUT2D eigenvalue weighted by atomic mass is 10.1. The molecule has 43 heavy (non-hydrogen) atoms. The van der Waals surface area contributed by atoms with Gasteiger partial charge in [-0.2, -0.15) is 0 Å². The summed E-state index contributed by atoms with van der Waals surface area (Å²) in [6.07, 6.45) is 8.91. The number of carbonyl (C=O) groups excluding carboxylic acids is 1. The van der Waals surface area contributed by atoms with E-state index in [4.69, 9.17) is 15.7 Å². The molecule has 11 heteroatoms. The molecular formula is C32H28N10O. The van der Waals surface area contributed by atoms with Crippen LogP contribution in [0.5, 0.6) is 0 Å². The van der Waals surface area contributed by atoms with Crippen LogP contribution in [-0.2, 0) is 6.42 Å². The first-order valence-corrected chi connectivity index (χ1v) is 14.4. The van der Waals surface area contributed by atoms with Gasteiger partial charge in [-0.3, -0.25) is 14.3 Å². The fourth-order valence-corrected chi connectivity index (χ4v) is 5.76. The predicted octanol–water partition coefficient (Wildman–Crippen LogP) is 4.64.